The van der Waals surface area contributed by atoms with Crippen molar-refractivity contribution in [1.29, 1.82) is 0 Å². The molecule has 2 nitrogen and oxygen atoms in total. The summed E-state index contributed by atoms with van der Waals surface area (Å²) < 4.78 is 13.8. The summed E-state index contributed by atoms with van der Waals surface area (Å²) in [4.78, 5) is 0. The zero-order valence-corrected chi connectivity index (χ0v) is 13.1. The maximum atomic E-state index is 13.8. The van der Waals surface area contributed by atoms with E-state index in [4.69, 9.17) is 0 Å². The van der Waals surface area contributed by atoms with Gasteiger partial charge in [-0.2, -0.15) is 10.2 Å². The highest BCUT2D eigenvalue weighted by atomic mass is 19.1. The maximum absolute atomic E-state index is 13.8. The average molecular weight is 296 g/mol. The number of nitrogens with zero attached hydrogens (tertiary/aromatic N) is 2. The van der Waals surface area contributed by atoms with Crippen LogP contribution in [0.15, 0.2) is 52.7 Å². The third-order valence-corrected chi connectivity index (χ3v) is 3.46. The van der Waals surface area contributed by atoms with Crippen molar-refractivity contribution < 1.29 is 4.39 Å². The van der Waals surface area contributed by atoms with E-state index in [0.29, 0.717) is 5.56 Å². The molecule has 22 heavy (non-hydrogen) atoms. The van der Waals surface area contributed by atoms with Gasteiger partial charge in [0.15, 0.2) is 0 Å². The van der Waals surface area contributed by atoms with Crippen molar-refractivity contribution in [1.82, 2.24) is 0 Å². The largest absolute Gasteiger partial charge is 0.206 e. The van der Waals surface area contributed by atoms with Gasteiger partial charge in [-0.15, -0.1) is 0 Å². The molecule has 2 aromatic carbocycles. The molecule has 0 unspecified atom stereocenters. The monoisotopic (exact) mass is 296 g/mol. The number of benzene rings is 2. The summed E-state index contributed by atoms with van der Waals surface area (Å²) in [6, 6.07) is 13.4. The summed E-state index contributed by atoms with van der Waals surface area (Å²) in [7, 11) is 0. The van der Waals surface area contributed by atoms with Crippen LogP contribution >= 0.6 is 0 Å². The van der Waals surface area contributed by atoms with Crippen molar-refractivity contribution in [3.05, 3.63) is 70.5 Å². The summed E-state index contributed by atoms with van der Waals surface area (Å²) in [5.74, 6) is -0.262. The highest BCUT2D eigenvalue weighted by molar-refractivity contribution is 5.82. The minimum atomic E-state index is -0.262. The Balaban J connectivity index is 1.99. The molecule has 0 spiro atoms. The van der Waals surface area contributed by atoms with Crippen LogP contribution in [0.1, 0.15) is 42.5 Å². The highest BCUT2D eigenvalue weighted by Gasteiger charge is 1.99. The Bertz CT molecular complexity index is 658. The SMILES string of the molecule is CCCc1ccc(C=NN=Cc2ccc(CC)cc2F)cc1. The summed E-state index contributed by atoms with van der Waals surface area (Å²) in [6.07, 6.45) is 6.16. The average Bonchev–Trinajstić information content (AvgIpc) is 2.54. The molecule has 0 aromatic heterocycles. The predicted molar refractivity (Wildman–Crippen MR) is 91.4 cm³/mol. The van der Waals surface area contributed by atoms with E-state index in [9.17, 15) is 4.39 Å². The van der Waals surface area contributed by atoms with Gasteiger partial charge in [0.25, 0.3) is 0 Å². The molecule has 0 atom stereocenters. The number of hydrogen-bond donors (Lipinski definition) is 0. The van der Waals surface area contributed by atoms with Crippen molar-refractivity contribution >= 4 is 12.4 Å². The van der Waals surface area contributed by atoms with Gasteiger partial charge in [-0.1, -0.05) is 56.7 Å². The molecule has 0 N–H and O–H groups in total. The van der Waals surface area contributed by atoms with Crippen LogP contribution in [0.2, 0.25) is 0 Å². The van der Waals surface area contributed by atoms with Gasteiger partial charge in [0.1, 0.15) is 5.82 Å². The Hall–Kier alpha value is -2.29. The fourth-order valence-corrected chi connectivity index (χ4v) is 2.15. The molecule has 0 heterocycles. The van der Waals surface area contributed by atoms with Crippen LogP contribution in [-0.4, -0.2) is 12.4 Å². The molecular formula is C19H21FN2. The van der Waals surface area contributed by atoms with Gasteiger partial charge >= 0.3 is 0 Å². The van der Waals surface area contributed by atoms with Crippen LogP contribution in [0.3, 0.4) is 0 Å². The molecule has 0 aliphatic heterocycles. The Kier molecular flexibility index (Phi) is 6.01. The molecule has 0 radical (unpaired) electrons. The highest BCUT2D eigenvalue weighted by Crippen LogP contribution is 2.09. The van der Waals surface area contributed by atoms with Crippen LogP contribution in [0, 0.1) is 5.82 Å². The minimum Gasteiger partial charge on any atom is -0.206 e. The molecule has 2 rings (SSSR count). The Morgan fingerprint density at radius 1 is 0.909 bits per heavy atom. The quantitative estimate of drug-likeness (QED) is 0.540. The summed E-state index contributed by atoms with van der Waals surface area (Å²) in [5, 5.41) is 7.89. The molecule has 0 aliphatic carbocycles. The molecule has 114 valence electrons. The Morgan fingerprint density at radius 3 is 2.23 bits per heavy atom. The van der Waals surface area contributed by atoms with Crippen molar-refractivity contribution in [2.24, 2.45) is 10.2 Å². The lowest BCUT2D eigenvalue weighted by molar-refractivity contribution is 0.624. The standard InChI is InChI=1S/C19H21FN2/c1-3-5-16-6-8-17(9-7-16)13-21-22-14-18-11-10-15(4-2)12-19(18)20/h6-14H,3-5H2,1-2H3. The molecule has 3 heteroatoms. The number of hydrogen-bond acceptors (Lipinski definition) is 2. The van der Waals surface area contributed by atoms with Crippen molar-refractivity contribution in [3.63, 3.8) is 0 Å². The second-order valence-electron chi connectivity index (χ2n) is 5.19. The minimum absolute atomic E-state index is 0.262. The van der Waals surface area contributed by atoms with Crippen molar-refractivity contribution in [2.75, 3.05) is 0 Å². The summed E-state index contributed by atoms with van der Waals surface area (Å²) in [6.45, 7) is 4.16. The van der Waals surface area contributed by atoms with Gasteiger partial charge in [-0.25, -0.2) is 4.39 Å². The molecule has 0 amide bonds. The van der Waals surface area contributed by atoms with Gasteiger partial charge in [0, 0.05) is 5.56 Å². The van der Waals surface area contributed by atoms with Crippen LogP contribution in [0.25, 0.3) is 0 Å². The topological polar surface area (TPSA) is 24.7 Å². The van der Waals surface area contributed by atoms with Gasteiger partial charge in [0.2, 0.25) is 0 Å². The molecule has 2 aromatic rings. The maximum Gasteiger partial charge on any atom is 0.132 e. The van der Waals surface area contributed by atoms with Gasteiger partial charge in [-0.3, -0.25) is 0 Å². The first-order chi connectivity index (χ1) is 10.7. The Morgan fingerprint density at radius 2 is 1.59 bits per heavy atom. The van der Waals surface area contributed by atoms with Crippen molar-refractivity contribution in [2.45, 2.75) is 33.1 Å². The van der Waals surface area contributed by atoms with E-state index in [2.05, 4.69) is 29.3 Å². The molecule has 0 saturated carbocycles. The summed E-state index contributed by atoms with van der Waals surface area (Å²) in [5.41, 5.74) is 3.73. The summed E-state index contributed by atoms with van der Waals surface area (Å²) >= 11 is 0. The molecule has 0 bridgehead atoms. The number of rotatable bonds is 6. The third kappa shape index (κ3) is 4.62. The lowest BCUT2D eigenvalue weighted by Crippen LogP contribution is -1.90. The Labute approximate surface area is 131 Å². The molecular weight excluding hydrogens is 275 g/mol. The van der Waals surface area contributed by atoms with Crippen LogP contribution < -0.4 is 0 Å². The second kappa shape index (κ2) is 8.23. The van der Waals surface area contributed by atoms with E-state index in [1.54, 1.807) is 12.3 Å². The number of halogens is 1. The zero-order valence-electron chi connectivity index (χ0n) is 13.1. The first kappa shape index (κ1) is 16.1. The van der Waals surface area contributed by atoms with E-state index < -0.39 is 0 Å². The molecule has 0 aliphatic rings. The fraction of sp³-hybridized carbons (Fsp3) is 0.263. The van der Waals surface area contributed by atoms with E-state index >= 15 is 0 Å². The predicted octanol–water partition coefficient (Wildman–Crippen LogP) is 4.79. The van der Waals surface area contributed by atoms with Gasteiger partial charge in [0.05, 0.1) is 12.4 Å². The van der Waals surface area contributed by atoms with Gasteiger partial charge in [-0.05, 0) is 35.6 Å². The van der Waals surface area contributed by atoms with E-state index in [0.717, 1.165) is 30.4 Å². The molecule has 0 fully saturated rings. The third-order valence-electron chi connectivity index (χ3n) is 3.46. The van der Waals surface area contributed by atoms with Crippen LogP contribution in [0.4, 0.5) is 4.39 Å². The first-order valence-electron chi connectivity index (χ1n) is 7.66. The number of aryl methyl sites for hydroxylation is 2. The molecule has 0 saturated heterocycles. The van der Waals surface area contributed by atoms with E-state index in [1.807, 2.05) is 25.1 Å². The smallest absolute Gasteiger partial charge is 0.132 e. The van der Waals surface area contributed by atoms with Crippen LogP contribution in [0.5, 0.6) is 0 Å². The van der Waals surface area contributed by atoms with Crippen LogP contribution in [-0.2, 0) is 12.8 Å². The van der Waals surface area contributed by atoms with Gasteiger partial charge < -0.3 is 0 Å². The first-order valence-corrected chi connectivity index (χ1v) is 7.66. The fourth-order valence-electron chi connectivity index (χ4n) is 2.15. The van der Waals surface area contributed by atoms with E-state index in [-0.39, 0.29) is 5.82 Å². The normalized spacial score (nSPS) is 11.6. The lowest BCUT2D eigenvalue weighted by Gasteiger charge is -1.99. The zero-order chi connectivity index (χ0) is 15.8. The second-order valence-corrected chi connectivity index (χ2v) is 5.19. The lowest BCUT2D eigenvalue weighted by atomic mass is 10.1. The van der Waals surface area contributed by atoms with Crippen molar-refractivity contribution in [3.8, 4) is 0 Å². The van der Waals surface area contributed by atoms with E-state index in [1.165, 1.54) is 17.8 Å².